The minimum absolute atomic E-state index is 0.0911. The number of carbonyl (C=O) groups is 3. The van der Waals surface area contributed by atoms with E-state index in [0.717, 1.165) is 16.3 Å². The van der Waals surface area contributed by atoms with Gasteiger partial charge in [-0.05, 0) is 66.7 Å². The fourth-order valence-corrected chi connectivity index (χ4v) is 4.27. The van der Waals surface area contributed by atoms with Gasteiger partial charge in [0.15, 0.2) is 0 Å². The zero-order valence-electron chi connectivity index (χ0n) is 20.8. The Balaban J connectivity index is 1.28. The van der Waals surface area contributed by atoms with Gasteiger partial charge in [0.25, 0.3) is 17.7 Å². The van der Waals surface area contributed by atoms with Crippen molar-refractivity contribution in [3.8, 4) is 5.75 Å². The highest BCUT2D eigenvalue weighted by Gasteiger charge is 2.40. The fraction of sp³-hybridized carbons (Fsp3) is 0.0333. The molecule has 3 N–H and O–H groups in total. The van der Waals surface area contributed by atoms with E-state index in [1.165, 1.54) is 7.11 Å². The number of carbonyl (C=O) groups excluding carboxylic acids is 3. The Morgan fingerprint density at radius 2 is 1.36 bits per heavy atom. The predicted octanol–water partition coefficient (Wildman–Crippen LogP) is 6.13. The third-order valence-corrected chi connectivity index (χ3v) is 6.30. The number of nitrogens with zero attached hydrogens (tertiary/aromatic N) is 1. The van der Waals surface area contributed by atoms with Gasteiger partial charge in [0.2, 0.25) is 0 Å². The smallest absolute Gasteiger partial charge is 0.283 e. The lowest BCUT2D eigenvalue weighted by molar-refractivity contribution is -0.120. The molecule has 5 rings (SSSR count). The third-order valence-electron chi connectivity index (χ3n) is 5.95. The second-order valence-electron chi connectivity index (χ2n) is 8.53. The summed E-state index contributed by atoms with van der Waals surface area (Å²) in [5.74, 6) is -1.29. The first kappa shape index (κ1) is 25.6. The third kappa shape index (κ3) is 5.46. The summed E-state index contributed by atoms with van der Waals surface area (Å²) in [5, 5.41) is 8.80. The molecule has 0 unspecified atom stereocenters. The average Bonchev–Trinajstić information content (AvgIpc) is 3.17. The van der Waals surface area contributed by atoms with Gasteiger partial charge in [-0.25, -0.2) is 4.90 Å². The average molecular weight is 539 g/mol. The molecule has 39 heavy (non-hydrogen) atoms. The molecule has 1 aliphatic rings. The molecule has 0 aromatic heterocycles. The highest BCUT2D eigenvalue weighted by molar-refractivity contribution is 6.53. The van der Waals surface area contributed by atoms with Crippen LogP contribution >= 0.6 is 11.6 Å². The zero-order chi connectivity index (χ0) is 27.4. The number of amides is 3. The van der Waals surface area contributed by atoms with E-state index in [-0.39, 0.29) is 22.3 Å². The zero-order valence-corrected chi connectivity index (χ0v) is 21.5. The van der Waals surface area contributed by atoms with E-state index in [2.05, 4.69) is 16.0 Å². The van der Waals surface area contributed by atoms with Crippen molar-refractivity contribution in [2.24, 2.45) is 0 Å². The maximum Gasteiger partial charge on any atom is 0.283 e. The first-order chi connectivity index (χ1) is 18.9. The molecule has 0 fully saturated rings. The number of rotatable bonds is 8. The minimum atomic E-state index is -0.673. The molecule has 0 aliphatic carbocycles. The van der Waals surface area contributed by atoms with Gasteiger partial charge in [0.1, 0.15) is 16.5 Å². The van der Waals surface area contributed by atoms with E-state index in [0.29, 0.717) is 22.7 Å². The van der Waals surface area contributed by atoms with Crippen LogP contribution in [-0.4, -0.2) is 24.8 Å². The molecular formula is C30H23ClN4O4. The van der Waals surface area contributed by atoms with Crippen molar-refractivity contribution in [3.05, 3.63) is 119 Å². The highest BCUT2D eigenvalue weighted by Crippen LogP contribution is 2.35. The van der Waals surface area contributed by atoms with Crippen LogP contribution in [0.3, 0.4) is 0 Å². The van der Waals surface area contributed by atoms with Crippen molar-refractivity contribution < 1.29 is 19.1 Å². The van der Waals surface area contributed by atoms with Crippen molar-refractivity contribution in [1.29, 1.82) is 0 Å². The molecule has 1 aliphatic heterocycles. The quantitative estimate of drug-likeness (QED) is 0.233. The molecule has 0 radical (unpaired) electrons. The lowest BCUT2D eigenvalue weighted by Gasteiger charge is -2.18. The van der Waals surface area contributed by atoms with Crippen LogP contribution in [0.25, 0.3) is 0 Å². The van der Waals surface area contributed by atoms with Crippen LogP contribution in [0.1, 0.15) is 10.4 Å². The van der Waals surface area contributed by atoms with E-state index in [9.17, 15) is 14.4 Å². The Hall–Kier alpha value is -5.08. The molecule has 0 saturated heterocycles. The number of ether oxygens (including phenoxy) is 1. The van der Waals surface area contributed by atoms with Gasteiger partial charge in [-0.3, -0.25) is 14.4 Å². The SMILES string of the molecule is COc1ccccc1N1C(=O)C(Cl)=C(Nc2cccc(C(=O)Nc3ccc(Nc4ccccc4)cc3)c2)C1=O. The molecule has 0 saturated carbocycles. The van der Waals surface area contributed by atoms with E-state index in [1.54, 1.807) is 60.7 Å². The lowest BCUT2D eigenvalue weighted by atomic mass is 10.1. The molecule has 3 amide bonds. The Morgan fingerprint density at radius 1 is 0.718 bits per heavy atom. The Morgan fingerprint density at radius 3 is 2.10 bits per heavy atom. The van der Waals surface area contributed by atoms with Gasteiger partial charge in [-0.15, -0.1) is 0 Å². The number of para-hydroxylation sites is 3. The number of benzene rings is 4. The van der Waals surface area contributed by atoms with Crippen molar-refractivity contribution in [2.45, 2.75) is 0 Å². The summed E-state index contributed by atoms with van der Waals surface area (Å²) in [5.41, 5.74) is 3.42. The number of hydrogen-bond donors (Lipinski definition) is 3. The monoisotopic (exact) mass is 538 g/mol. The number of imide groups is 1. The van der Waals surface area contributed by atoms with E-state index in [4.69, 9.17) is 16.3 Å². The summed E-state index contributed by atoms with van der Waals surface area (Å²) in [6.45, 7) is 0. The Bertz CT molecular complexity index is 1590. The van der Waals surface area contributed by atoms with Crippen LogP contribution in [0.4, 0.5) is 28.4 Å². The largest absolute Gasteiger partial charge is 0.495 e. The molecule has 9 heteroatoms. The highest BCUT2D eigenvalue weighted by atomic mass is 35.5. The molecule has 0 atom stereocenters. The van der Waals surface area contributed by atoms with Crippen molar-refractivity contribution in [3.63, 3.8) is 0 Å². The molecule has 1 heterocycles. The first-order valence-corrected chi connectivity index (χ1v) is 12.3. The summed E-state index contributed by atoms with van der Waals surface area (Å²) in [4.78, 5) is 39.9. The van der Waals surface area contributed by atoms with Crippen molar-refractivity contribution in [1.82, 2.24) is 0 Å². The predicted molar refractivity (Wildman–Crippen MR) is 153 cm³/mol. The summed E-state index contributed by atoms with van der Waals surface area (Å²) < 4.78 is 5.29. The summed E-state index contributed by atoms with van der Waals surface area (Å²) >= 11 is 6.27. The van der Waals surface area contributed by atoms with Crippen LogP contribution in [-0.2, 0) is 9.59 Å². The number of methoxy groups -OCH3 is 1. The lowest BCUT2D eigenvalue weighted by Crippen LogP contribution is -2.32. The second-order valence-corrected chi connectivity index (χ2v) is 8.91. The number of hydrogen-bond acceptors (Lipinski definition) is 6. The van der Waals surface area contributed by atoms with Gasteiger partial charge in [-0.2, -0.15) is 0 Å². The van der Waals surface area contributed by atoms with Crippen LogP contribution in [0.2, 0.25) is 0 Å². The van der Waals surface area contributed by atoms with Crippen LogP contribution < -0.4 is 25.6 Å². The number of anilines is 5. The summed E-state index contributed by atoms with van der Waals surface area (Å²) in [7, 11) is 1.45. The molecule has 4 aromatic rings. The van der Waals surface area contributed by atoms with Crippen molar-refractivity contribution in [2.75, 3.05) is 28.0 Å². The molecule has 8 nitrogen and oxygen atoms in total. The summed E-state index contributed by atoms with van der Waals surface area (Å²) in [6, 6.07) is 30.3. The topological polar surface area (TPSA) is 99.8 Å². The Labute approximate surface area is 229 Å². The first-order valence-electron chi connectivity index (χ1n) is 12.0. The number of halogens is 1. The molecule has 0 spiro atoms. The minimum Gasteiger partial charge on any atom is -0.495 e. The van der Waals surface area contributed by atoms with Gasteiger partial charge >= 0.3 is 0 Å². The molecule has 4 aromatic carbocycles. The molecule has 0 bridgehead atoms. The molecular weight excluding hydrogens is 516 g/mol. The molecule has 194 valence electrons. The standard InChI is InChI=1S/C30H23ClN4O4/c1-39-25-13-6-5-12-24(25)35-29(37)26(31)27(30(35)38)33-23-11-7-8-19(18-23)28(36)34-22-16-14-21(15-17-22)32-20-9-3-2-4-10-20/h2-18,32-33H,1H3,(H,34,36). The second kappa shape index (κ2) is 11.1. The van der Waals surface area contributed by atoms with Gasteiger partial charge in [-0.1, -0.05) is 48.0 Å². The van der Waals surface area contributed by atoms with E-state index >= 15 is 0 Å². The fourth-order valence-electron chi connectivity index (χ4n) is 4.06. The maximum atomic E-state index is 13.2. The van der Waals surface area contributed by atoms with Gasteiger partial charge in [0, 0.05) is 28.3 Å². The van der Waals surface area contributed by atoms with Crippen LogP contribution in [0.5, 0.6) is 5.75 Å². The van der Waals surface area contributed by atoms with Gasteiger partial charge in [0.05, 0.1) is 12.8 Å². The van der Waals surface area contributed by atoms with Crippen LogP contribution in [0, 0.1) is 0 Å². The normalized spacial score (nSPS) is 12.9. The maximum absolute atomic E-state index is 13.2. The van der Waals surface area contributed by atoms with Gasteiger partial charge < -0.3 is 20.7 Å². The van der Waals surface area contributed by atoms with E-state index < -0.39 is 11.8 Å². The number of nitrogens with one attached hydrogen (secondary N) is 3. The summed E-state index contributed by atoms with van der Waals surface area (Å²) in [6.07, 6.45) is 0. The Kier molecular flexibility index (Phi) is 7.29. The van der Waals surface area contributed by atoms with Crippen LogP contribution in [0.15, 0.2) is 114 Å². The van der Waals surface area contributed by atoms with E-state index in [1.807, 2.05) is 42.5 Å². The van der Waals surface area contributed by atoms with Crippen molar-refractivity contribution >= 4 is 57.8 Å².